The van der Waals surface area contributed by atoms with Crippen LogP contribution in [0.1, 0.15) is 5.56 Å². The van der Waals surface area contributed by atoms with E-state index >= 15 is 0 Å². The number of benzene rings is 1. The molecule has 0 amide bonds. The third kappa shape index (κ3) is 3.38. The van der Waals surface area contributed by atoms with Gasteiger partial charge in [-0.05, 0) is 11.6 Å². The number of anilines is 2. The second-order valence-electron chi connectivity index (χ2n) is 7.37. The Labute approximate surface area is 173 Å². The van der Waals surface area contributed by atoms with Crippen molar-refractivity contribution in [1.29, 1.82) is 0 Å². The largest absolute Gasteiger partial charge is 0.352 e. The van der Waals surface area contributed by atoms with E-state index in [1.165, 1.54) is 4.68 Å². The first-order valence-electron chi connectivity index (χ1n) is 9.93. The van der Waals surface area contributed by atoms with E-state index in [9.17, 15) is 4.79 Å². The maximum atomic E-state index is 12.3. The van der Waals surface area contributed by atoms with Crippen LogP contribution in [-0.4, -0.2) is 55.5 Å². The lowest BCUT2D eigenvalue weighted by atomic mass is 10.2. The Balaban J connectivity index is 1.34. The molecule has 0 N–H and O–H groups in total. The maximum absolute atomic E-state index is 12.3. The number of hydrogen-bond donors (Lipinski definition) is 0. The van der Waals surface area contributed by atoms with E-state index < -0.39 is 0 Å². The number of rotatable bonds is 4. The number of nitrogens with zero attached hydrogens (tertiary/aromatic N) is 8. The van der Waals surface area contributed by atoms with Crippen LogP contribution >= 0.6 is 0 Å². The van der Waals surface area contributed by atoms with Gasteiger partial charge in [-0.25, -0.2) is 19.6 Å². The van der Waals surface area contributed by atoms with Crippen LogP contribution in [0.5, 0.6) is 0 Å². The highest BCUT2D eigenvalue weighted by molar-refractivity contribution is 5.83. The van der Waals surface area contributed by atoms with Crippen molar-refractivity contribution in [1.82, 2.24) is 29.3 Å². The zero-order valence-corrected chi connectivity index (χ0v) is 16.7. The Morgan fingerprint density at radius 1 is 0.900 bits per heavy atom. The topological polar surface area (TPSA) is 85.0 Å². The third-order valence-electron chi connectivity index (χ3n) is 5.42. The Hall–Kier alpha value is -3.75. The van der Waals surface area contributed by atoms with E-state index in [1.54, 1.807) is 18.7 Å². The average Bonchev–Trinajstić information content (AvgIpc) is 3.17. The molecule has 9 heteroatoms. The van der Waals surface area contributed by atoms with Gasteiger partial charge >= 0.3 is 0 Å². The van der Waals surface area contributed by atoms with Crippen molar-refractivity contribution in [3.05, 3.63) is 71.0 Å². The lowest BCUT2D eigenvalue weighted by Gasteiger charge is -2.36. The summed E-state index contributed by atoms with van der Waals surface area (Å²) in [5, 5.41) is 4.62. The molecule has 0 unspecified atom stereocenters. The highest BCUT2D eigenvalue weighted by atomic mass is 16.1. The summed E-state index contributed by atoms with van der Waals surface area (Å²) in [5.74, 6) is 1.72. The zero-order valence-electron chi connectivity index (χ0n) is 16.7. The molecule has 152 valence electrons. The van der Waals surface area contributed by atoms with E-state index in [0.717, 1.165) is 48.9 Å². The molecule has 1 aliphatic heterocycles. The van der Waals surface area contributed by atoms with Crippen LogP contribution in [0.15, 0.2) is 59.9 Å². The van der Waals surface area contributed by atoms with E-state index in [0.29, 0.717) is 12.2 Å². The van der Waals surface area contributed by atoms with Crippen molar-refractivity contribution in [3.63, 3.8) is 0 Å². The predicted octanol–water partition coefficient (Wildman–Crippen LogP) is 1.29. The summed E-state index contributed by atoms with van der Waals surface area (Å²) >= 11 is 0. The molecule has 3 aromatic heterocycles. The molecule has 1 aromatic carbocycles. The first-order chi connectivity index (χ1) is 14.7. The fraction of sp³-hybridized carbons (Fsp3) is 0.286. The standard InChI is InChI=1S/C21H22N8O/c1-26-15-24-20-19(26)21(23-14-22-20)28-11-9-27(10-12-28)17-7-8-18(30)29(25-17)13-16-5-3-2-4-6-16/h2-8,14-15H,9-13H2,1H3. The van der Waals surface area contributed by atoms with Gasteiger partial charge in [-0.3, -0.25) is 4.79 Å². The first-order valence-corrected chi connectivity index (χ1v) is 9.93. The lowest BCUT2D eigenvalue weighted by molar-refractivity contribution is 0.600. The normalized spacial score (nSPS) is 14.4. The van der Waals surface area contributed by atoms with Crippen LogP contribution in [0.4, 0.5) is 11.6 Å². The summed E-state index contributed by atoms with van der Waals surface area (Å²) in [4.78, 5) is 29.8. The summed E-state index contributed by atoms with van der Waals surface area (Å²) in [6.45, 7) is 3.65. The second kappa shape index (κ2) is 7.58. The van der Waals surface area contributed by atoms with Crippen LogP contribution in [0.2, 0.25) is 0 Å². The monoisotopic (exact) mass is 402 g/mol. The summed E-state index contributed by atoms with van der Waals surface area (Å²) in [5.41, 5.74) is 2.61. The van der Waals surface area contributed by atoms with Gasteiger partial charge in [-0.15, -0.1) is 0 Å². The molecule has 5 rings (SSSR count). The minimum Gasteiger partial charge on any atom is -0.352 e. The van der Waals surface area contributed by atoms with E-state index in [2.05, 4.69) is 29.9 Å². The molecule has 1 aliphatic rings. The van der Waals surface area contributed by atoms with Gasteiger partial charge < -0.3 is 14.4 Å². The zero-order chi connectivity index (χ0) is 20.5. The van der Waals surface area contributed by atoms with Gasteiger partial charge in [0, 0.05) is 39.3 Å². The molecule has 9 nitrogen and oxygen atoms in total. The molecular formula is C21H22N8O. The first kappa shape index (κ1) is 18.3. The highest BCUT2D eigenvalue weighted by Gasteiger charge is 2.22. The molecule has 4 heterocycles. The molecule has 0 bridgehead atoms. The van der Waals surface area contributed by atoms with Gasteiger partial charge in [0.1, 0.15) is 17.7 Å². The molecule has 0 radical (unpaired) electrons. The van der Waals surface area contributed by atoms with Crippen LogP contribution in [0, 0.1) is 0 Å². The number of fused-ring (bicyclic) bond motifs is 1. The van der Waals surface area contributed by atoms with Crippen molar-refractivity contribution < 1.29 is 0 Å². The minimum absolute atomic E-state index is 0.0965. The van der Waals surface area contributed by atoms with Gasteiger partial charge in [0.2, 0.25) is 0 Å². The molecule has 4 aromatic rings. The summed E-state index contributed by atoms with van der Waals surface area (Å²) < 4.78 is 3.48. The van der Waals surface area contributed by atoms with Gasteiger partial charge in [0.05, 0.1) is 12.9 Å². The van der Waals surface area contributed by atoms with E-state index in [4.69, 9.17) is 0 Å². The van der Waals surface area contributed by atoms with Crippen molar-refractivity contribution >= 4 is 22.8 Å². The molecule has 1 saturated heterocycles. The Morgan fingerprint density at radius 2 is 1.67 bits per heavy atom. The van der Waals surface area contributed by atoms with Gasteiger partial charge in [-0.1, -0.05) is 30.3 Å². The van der Waals surface area contributed by atoms with Crippen LogP contribution in [-0.2, 0) is 13.6 Å². The fourth-order valence-electron chi connectivity index (χ4n) is 3.82. The molecule has 0 saturated carbocycles. The summed E-state index contributed by atoms with van der Waals surface area (Å²) in [6.07, 6.45) is 3.33. The smallest absolute Gasteiger partial charge is 0.267 e. The molecule has 1 fully saturated rings. The SMILES string of the molecule is Cn1cnc2ncnc(N3CCN(c4ccc(=O)n(Cc5ccccc5)n4)CC3)c21. The highest BCUT2D eigenvalue weighted by Crippen LogP contribution is 2.23. The number of imidazole rings is 1. The molecule has 0 aliphatic carbocycles. The molecule has 0 spiro atoms. The van der Waals surface area contributed by atoms with Crippen molar-refractivity contribution in [2.24, 2.45) is 7.05 Å². The fourth-order valence-corrected chi connectivity index (χ4v) is 3.82. The molecule has 0 atom stereocenters. The van der Waals surface area contributed by atoms with Crippen molar-refractivity contribution in [2.45, 2.75) is 6.54 Å². The molecule has 30 heavy (non-hydrogen) atoms. The number of piperazine rings is 1. The van der Waals surface area contributed by atoms with Gasteiger partial charge in [0.25, 0.3) is 5.56 Å². The maximum Gasteiger partial charge on any atom is 0.267 e. The average molecular weight is 402 g/mol. The molecular weight excluding hydrogens is 380 g/mol. The predicted molar refractivity (Wildman–Crippen MR) is 115 cm³/mol. The van der Waals surface area contributed by atoms with Crippen molar-refractivity contribution in [3.8, 4) is 0 Å². The second-order valence-corrected chi connectivity index (χ2v) is 7.37. The summed E-state index contributed by atoms with van der Waals surface area (Å²) in [6, 6.07) is 13.3. The summed E-state index contributed by atoms with van der Waals surface area (Å²) in [7, 11) is 1.96. The third-order valence-corrected chi connectivity index (χ3v) is 5.42. The Kier molecular flexibility index (Phi) is 4.62. The van der Waals surface area contributed by atoms with Gasteiger partial charge in [0.15, 0.2) is 11.5 Å². The van der Waals surface area contributed by atoms with Crippen LogP contribution in [0.25, 0.3) is 11.2 Å². The lowest BCUT2D eigenvalue weighted by Crippen LogP contribution is -2.47. The van der Waals surface area contributed by atoms with Crippen LogP contribution < -0.4 is 15.4 Å². The Bertz CT molecular complexity index is 1220. The van der Waals surface area contributed by atoms with E-state index in [1.807, 2.05) is 48.0 Å². The van der Waals surface area contributed by atoms with Crippen LogP contribution in [0.3, 0.4) is 0 Å². The minimum atomic E-state index is -0.0965. The number of hydrogen-bond acceptors (Lipinski definition) is 7. The van der Waals surface area contributed by atoms with Crippen molar-refractivity contribution in [2.75, 3.05) is 36.0 Å². The number of aryl methyl sites for hydroxylation is 1. The van der Waals surface area contributed by atoms with E-state index in [-0.39, 0.29) is 5.56 Å². The van der Waals surface area contributed by atoms with Gasteiger partial charge in [-0.2, -0.15) is 5.10 Å². The quantitative estimate of drug-likeness (QED) is 0.509. The number of aromatic nitrogens is 6. The Morgan fingerprint density at radius 3 is 2.47 bits per heavy atom.